The van der Waals surface area contributed by atoms with Crippen molar-refractivity contribution in [1.29, 1.82) is 0 Å². The van der Waals surface area contributed by atoms with E-state index in [4.69, 9.17) is 9.15 Å². The van der Waals surface area contributed by atoms with Gasteiger partial charge >= 0.3 is 5.97 Å². The summed E-state index contributed by atoms with van der Waals surface area (Å²) in [6.45, 7) is 4.47. The molecule has 0 aliphatic carbocycles. The molecule has 2 heterocycles. The van der Waals surface area contributed by atoms with Crippen molar-refractivity contribution in [1.82, 2.24) is 9.88 Å². The lowest BCUT2D eigenvalue weighted by Gasteiger charge is -2.23. The zero-order valence-corrected chi connectivity index (χ0v) is 12.8. The smallest absolute Gasteiger partial charge is 0.341 e. The molecule has 0 saturated carbocycles. The van der Waals surface area contributed by atoms with Gasteiger partial charge in [-0.15, -0.1) is 0 Å². The van der Waals surface area contributed by atoms with E-state index in [1.54, 1.807) is 19.2 Å². The third-order valence-corrected chi connectivity index (χ3v) is 3.61. The Morgan fingerprint density at radius 2 is 2.29 bits per heavy atom. The van der Waals surface area contributed by atoms with Crippen LogP contribution in [0.4, 0.5) is 0 Å². The minimum absolute atomic E-state index is 0.200. The summed E-state index contributed by atoms with van der Waals surface area (Å²) in [5, 5.41) is 0. The molecular formula is C16H20N2O3. The molecule has 0 fully saturated rings. The topological polar surface area (TPSA) is 55.6 Å². The fourth-order valence-electron chi connectivity index (χ4n) is 2.19. The van der Waals surface area contributed by atoms with Crippen molar-refractivity contribution in [3.8, 4) is 0 Å². The minimum Gasteiger partial charge on any atom is -0.465 e. The number of hydrogen-bond acceptors (Lipinski definition) is 5. The van der Waals surface area contributed by atoms with E-state index in [9.17, 15) is 4.79 Å². The lowest BCUT2D eigenvalue weighted by Crippen LogP contribution is -2.21. The van der Waals surface area contributed by atoms with Gasteiger partial charge in [0.15, 0.2) is 0 Å². The Balaban J connectivity index is 2.09. The summed E-state index contributed by atoms with van der Waals surface area (Å²) in [6.07, 6.45) is 3.61. The van der Waals surface area contributed by atoms with Crippen LogP contribution in [0.3, 0.4) is 0 Å². The molecule has 21 heavy (non-hydrogen) atoms. The molecule has 2 aromatic rings. The van der Waals surface area contributed by atoms with Crippen molar-refractivity contribution in [2.45, 2.75) is 26.4 Å². The molecule has 0 aliphatic heterocycles. The van der Waals surface area contributed by atoms with Crippen LogP contribution in [0, 0.1) is 6.92 Å². The van der Waals surface area contributed by atoms with Crippen molar-refractivity contribution in [2.24, 2.45) is 0 Å². The van der Waals surface area contributed by atoms with E-state index < -0.39 is 0 Å². The summed E-state index contributed by atoms with van der Waals surface area (Å²) in [7, 11) is 3.37. The third kappa shape index (κ3) is 3.49. The SMILES string of the molecule is COC(=O)c1cc(CN(C)[C@@H](C)c2cccnc2)oc1C. The lowest BCUT2D eigenvalue weighted by atomic mass is 10.1. The molecule has 0 unspecified atom stereocenters. The van der Waals surface area contributed by atoms with Crippen molar-refractivity contribution in [2.75, 3.05) is 14.2 Å². The predicted molar refractivity (Wildman–Crippen MR) is 78.9 cm³/mol. The summed E-state index contributed by atoms with van der Waals surface area (Å²) >= 11 is 0. The van der Waals surface area contributed by atoms with E-state index in [1.165, 1.54) is 7.11 Å². The van der Waals surface area contributed by atoms with Gasteiger partial charge in [-0.2, -0.15) is 0 Å². The van der Waals surface area contributed by atoms with E-state index in [-0.39, 0.29) is 12.0 Å². The maximum atomic E-state index is 11.6. The molecule has 0 aromatic carbocycles. The first-order valence-electron chi connectivity index (χ1n) is 6.80. The number of carbonyl (C=O) groups is 1. The van der Waals surface area contributed by atoms with E-state index in [1.807, 2.05) is 25.4 Å². The predicted octanol–water partition coefficient (Wildman–Crippen LogP) is 2.96. The number of methoxy groups -OCH3 is 1. The van der Waals surface area contributed by atoms with Gasteiger partial charge in [-0.25, -0.2) is 4.79 Å². The second kappa shape index (κ2) is 6.54. The number of hydrogen-bond donors (Lipinski definition) is 0. The van der Waals surface area contributed by atoms with Crippen LogP contribution in [0.15, 0.2) is 35.0 Å². The van der Waals surface area contributed by atoms with Crippen LogP contribution in [0.5, 0.6) is 0 Å². The largest absolute Gasteiger partial charge is 0.465 e. The number of carbonyl (C=O) groups excluding carboxylic acids is 1. The molecule has 2 rings (SSSR count). The number of ether oxygens (including phenoxy) is 1. The molecule has 5 nitrogen and oxygen atoms in total. The summed E-state index contributed by atoms with van der Waals surface area (Å²) in [5.74, 6) is 0.955. The van der Waals surface area contributed by atoms with Crippen molar-refractivity contribution >= 4 is 5.97 Å². The van der Waals surface area contributed by atoms with Gasteiger partial charge in [0.25, 0.3) is 0 Å². The maximum absolute atomic E-state index is 11.6. The molecule has 0 N–H and O–H groups in total. The quantitative estimate of drug-likeness (QED) is 0.792. The van der Waals surface area contributed by atoms with E-state index in [0.717, 1.165) is 11.3 Å². The first kappa shape index (κ1) is 15.3. The summed E-state index contributed by atoms with van der Waals surface area (Å²) in [4.78, 5) is 17.9. The first-order chi connectivity index (χ1) is 10.0. The Morgan fingerprint density at radius 1 is 1.52 bits per heavy atom. The molecule has 112 valence electrons. The number of furan rings is 1. The second-order valence-electron chi connectivity index (χ2n) is 5.05. The Labute approximate surface area is 124 Å². The first-order valence-corrected chi connectivity index (χ1v) is 6.80. The fraction of sp³-hybridized carbons (Fsp3) is 0.375. The summed E-state index contributed by atoms with van der Waals surface area (Å²) in [5.41, 5.74) is 1.62. The zero-order valence-electron chi connectivity index (χ0n) is 12.8. The van der Waals surface area contributed by atoms with Gasteiger partial charge in [0.1, 0.15) is 17.1 Å². The van der Waals surface area contributed by atoms with Crippen LogP contribution in [-0.4, -0.2) is 30.0 Å². The highest BCUT2D eigenvalue weighted by molar-refractivity contribution is 5.90. The number of aryl methyl sites for hydroxylation is 1. The molecule has 1 atom stereocenters. The second-order valence-corrected chi connectivity index (χ2v) is 5.05. The molecule has 0 amide bonds. The highest BCUT2D eigenvalue weighted by Crippen LogP contribution is 2.22. The van der Waals surface area contributed by atoms with Crippen LogP contribution >= 0.6 is 0 Å². The molecule has 0 saturated heterocycles. The monoisotopic (exact) mass is 288 g/mol. The number of pyridine rings is 1. The zero-order chi connectivity index (χ0) is 15.4. The van der Waals surface area contributed by atoms with Crippen LogP contribution in [-0.2, 0) is 11.3 Å². The number of rotatable bonds is 5. The molecule has 5 heteroatoms. The van der Waals surface area contributed by atoms with E-state index >= 15 is 0 Å². The average molecular weight is 288 g/mol. The standard InChI is InChI=1S/C16H20N2O3/c1-11(13-6-5-7-17-9-13)18(3)10-14-8-15(12(2)21-14)16(19)20-4/h5-9,11H,10H2,1-4H3/t11-/m0/s1. The van der Waals surface area contributed by atoms with Gasteiger partial charge in [0, 0.05) is 18.4 Å². The Kier molecular flexibility index (Phi) is 4.75. The highest BCUT2D eigenvalue weighted by atomic mass is 16.5. The van der Waals surface area contributed by atoms with Crippen LogP contribution < -0.4 is 0 Å². The number of aromatic nitrogens is 1. The number of esters is 1. The summed E-state index contributed by atoms with van der Waals surface area (Å²) in [6, 6.07) is 5.91. The lowest BCUT2D eigenvalue weighted by molar-refractivity contribution is 0.0599. The van der Waals surface area contributed by atoms with Gasteiger partial charge < -0.3 is 9.15 Å². The van der Waals surface area contributed by atoms with Crippen LogP contribution in [0.1, 0.15) is 40.4 Å². The van der Waals surface area contributed by atoms with E-state index in [2.05, 4.69) is 16.8 Å². The molecule has 0 radical (unpaired) electrons. The van der Waals surface area contributed by atoms with Gasteiger partial charge in [-0.3, -0.25) is 9.88 Å². The van der Waals surface area contributed by atoms with Crippen LogP contribution in [0.2, 0.25) is 0 Å². The minimum atomic E-state index is -0.370. The normalized spacial score (nSPS) is 12.4. The van der Waals surface area contributed by atoms with Gasteiger partial charge in [0.2, 0.25) is 0 Å². The van der Waals surface area contributed by atoms with Crippen molar-refractivity contribution in [3.63, 3.8) is 0 Å². The van der Waals surface area contributed by atoms with Crippen LogP contribution in [0.25, 0.3) is 0 Å². The Hall–Kier alpha value is -2.14. The van der Waals surface area contributed by atoms with Crippen molar-refractivity contribution < 1.29 is 13.9 Å². The Morgan fingerprint density at radius 3 is 2.90 bits per heavy atom. The maximum Gasteiger partial charge on any atom is 0.341 e. The van der Waals surface area contributed by atoms with Gasteiger partial charge in [-0.05, 0) is 38.6 Å². The third-order valence-electron chi connectivity index (χ3n) is 3.61. The Bertz CT molecular complexity index is 607. The van der Waals surface area contributed by atoms with Gasteiger partial charge in [0.05, 0.1) is 13.7 Å². The molecule has 2 aromatic heterocycles. The molecule has 0 spiro atoms. The van der Waals surface area contributed by atoms with Crippen molar-refractivity contribution in [3.05, 3.63) is 53.2 Å². The van der Waals surface area contributed by atoms with E-state index in [0.29, 0.717) is 17.9 Å². The van der Waals surface area contributed by atoms with Gasteiger partial charge in [-0.1, -0.05) is 6.07 Å². The molecule has 0 aliphatic rings. The average Bonchev–Trinajstić information content (AvgIpc) is 2.87. The number of nitrogens with zero attached hydrogens (tertiary/aromatic N) is 2. The summed E-state index contributed by atoms with van der Waals surface area (Å²) < 4.78 is 10.4. The molecular weight excluding hydrogens is 268 g/mol. The highest BCUT2D eigenvalue weighted by Gasteiger charge is 2.18. The fourth-order valence-corrected chi connectivity index (χ4v) is 2.19. The molecule has 0 bridgehead atoms.